The summed E-state index contributed by atoms with van der Waals surface area (Å²) >= 11 is 0. The number of aromatic nitrogens is 2. The predicted molar refractivity (Wildman–Crippen MR) is 62.3 cm³/mol. The average molecular weight is 252 g/mol. The summed E-state index contributed by atoms with van der Waals surface area (Å²) in [5.74, 6) is 0.271. The Morgan fingerprint density at radius 2 is 1.82 bits per heavy atom. The van der Waals surface area contributed by atoms with Gasteiger partial charge in [0.2, 0.25) is 5.03 Å². The monoisotopic (exact) mass is 252 g/mol. The fourth-order valence-corrected chi connectivity index (χ4v) is 2.48. The van der Waals surface area contributed by atoms with Crippen molar-refractivity contribution in [1.82, 2.24) is 10.2 Å². The molecule has 1 aromatic carbocycles. The second-order valence-corrected chi connectivity index (χ2v) is 5.09. The van der Waals surface area contributed by atoms with Gasteiger partial charge in [0, 0.05) is 11.3 Å². The van der Waals surface area contributed by atoms with Gasteiger partial charge in [0.05, 0.1) is 0 Å². The number of hydrogen-bond acceptors (Lipinski definition) is 4. The van der Waals surface area contributed by atoms with Crippen LogP contribution in [-0.4, -0.2) is 18.6 Å². The van der Waals surface area contributed by atoms with Gasteiger partial charge < -0.3 is 4.18 Å². The first-order valence-corrected chi connectivity index (χ1v) is 6.42. The summed E-state index contributed by atoms with van der Waals surface area (Å²) in [5.41, 5.74) is 1.28. The molecule has 2 aromatic rings. The van der Waals surface area contributed by atoms with Crippen molar-refractivity contribution in [3.05, 3.63) is 41.6 Å². The predicted octanol–water partition coefficient (Wildman–Crippen LogP) is 1.79. The van der Waals surface area contributed by atoms with Crippen molar-refractivity contribution in [2.24, 2.45) is 0 Å². The van der Waals surface area contributed by atoms with E-state index in [0.29, 0.717) is 11.3 Å². The quantitative estimate of drug-likeness (QED) is 0.845. The number of hydrogen-bond donors (Lipinski definition) is 1. The summed E-state index contributed by atoms with van der Waals surface area (Å²) in [4.78, 5) is 0. The van der Waals surface area contributed by atoms with Crippen molar-refractivity contribution in [3.8, 4) is 5.75 Å². The largest absolute Gasteiger partial charge is 0.378 e. The zero-order valence-electron chi connectivity index (χ0n) is 9.47. The van der Waals surface area contributed by atoms with E-state index >= 15 is 0 Å². The SMILES string of the molecule is Cc1[nH]nc(S(=O)(=O)Oc2ccccc2)c1C. The number of rotatable bonds is 3. The van der Waals surface area contributed by atoms with Crippen molar-refractivity contribution in [2.45, 2.75) is 18.9 Å². The Morgan fingerprint density at radius 3 is 2.35 bits per heavy atom. The fraction of sp³-hybridized carbons (Fsp3) is 0.182. The standard InChI is InChI=1S/C11H12N2O3S/c1-8-9(2)12-13-11(8)17(14,15)16-10-6-4-3-5-7-10/h3-7H,1-2H3,(H,12,13). The highest BCUT2D eigenvalue weighted by atomic mass is 32.2. The number of benzene rings is 1. The van der Waals surface area contributed by atoms with Gasteiger partial charge in [-0.3, -0.25) is 5.10 Å². The summed E-state index contributed by atoms with van der Waals surface area (Å²) < 4.78 is 28.8. The van der Waals surface area contributed by atoms with E-state index in [9.17, 15) is 8.42 Å². The van der Waals surface area contributed by atoms with E-state index in [0.717, 1.165) is 0 Å². The summed E-state index contributed by atoms with van der Waals surface area (Å²) in [6.45, 7) is 3.43. The Bertz CT molecular complexity index is 617. The molecule has 2 rings (SSSR count). The second kappa shape index (κ2) is 4.21. The van der Waals surface area contributed by atoms with Crippen LogP contribution in [0.1, 0.15) is 11.3 Å². The molecule has 5 nitrogen and oxygen atoms in total. The molecule has 17 heavy (non-hydrogen) atoms. The van der Waals surface area contributed by atoms with Crippen LogP contribution >= 0.6 is 0 Å². The Labute approximate surface area is 99.6 Å². The summed E-state index contributed by atoms with van der Waals surface area (Å²) in [6.07, 6.45) is 0. The van der Waals surface area contributed by atoms with Gasteiger partial charge in [0.15, 0.2) is 0 Å². The maximum atomic E-state index is 11.9. The van der Waals surface area contributed by atoms with Gasteiger partial charge in [0.1, 0.15) is 5.75 Å². The number of nitrogens with zero attached hydrogens (tertiary/aromatic N) is 1. The minimum absolute atomic E-state index is 0.0705. The van der Waals surface area contributed by atoms with Gasteiger partial charge in [-0.25, -0.2) is 0 Å². The summed E-state index contributed by atoms with van der Waals surface area (Å²) in [7, 11) is -3.87. The second-order valence-electron chi connectivity index (χ2n) is 3.63. The van der Waals surface area contributed by atoms with Gasteiger partial charge in [-0.15, -0.1) is 0 Å². The Hall–Kier alpha value is -1.82. The molecule has 0 fully saturated rings. The maximum Gasteiger partial charge on any atom is 0.359 e. The molecule has 0 aliphatic rings. The van der Waals surface area contributed by atoms with E-state index in [2.05, 4.69) is 10.2 Å². The van der Waals surface area contributed by atoms with E-state index in [1.807, 2.05) is 0 Å². The van der Waals surface area contributed by atoms with E-state index in [1.54, 1.807) is 44.2 Å². The molecule has 0 aliphatic heterocycles. The summed E-state index contributed by atoms with van der Waals surface area (Å²) in [6, 6.07) is 8.34. The normalized spacial score (nSPS) is 11.4. The molecular weight excluding hydrogens is 240 g/mol. The lowest BCUT2D eigenvalue weighted by Crippen LogP contribution is -2.11. The lowest BCUT2D eigenvalue weighted by Gasteiger charge is -2.04. The van der Waals surface area contributed by atoms with E-state index in [4.69, 9.17) is 4.18 Å². The first-order valence-electron chi connectivity index (χ1n) is 5.02. The molecule has 0 atom stereocenters. The molecule has 0 bridgehead atoms. The van der Waals surface area contributed by atoms with Gasteiger partial charge in [-0.2, -0.15) is 13.5 Å². The van der Waals surface area contributed by atoms with Crippen molar-refractivity contribution < 1.29 is 12.6 Å². The van der Waals surface area contributed by atoms with Crippen LogP contribution in [0.15, 0.2) is 35.4 Å². The molecule has 0 spiro atoms. The third-order valence-electron chi connectivity index (χ3n) is 2.39. The fourth-order valence-electron chi connectivity index (χ4n) is 1.35. The van der Waals surface area contributed by atoms with Gasteiger partial charge in [-0.1, -0.05) is 18.2 Å². The van der Waals surface area contributed by atoms with Crippen LogP contribution in [0.4, 0.5) is 0 Å². The first-order chi connectivity index (χ1) is 8.00. The molecule has 1 N–H and O–H groups in total. The highest BCUT2D eigenvalue weighted by Crippen LogP contribution is 2.20. The van der Waals surface area contributed by atoms with Gasteiger partial charge in [-0.05, 0) is 26.0 Å². The molecular formula is C11H12N2O3S. The lowest BCUT2D eigenvalue weighted by atomic mass is 10.3. The number of aryl methyl sites for hydroxylation is 1. The number of aromatic amines is 1. The van der Waals surface area contributed by atoms with Crippen LogP contribution in [0.3, 0.4) is 0 Å². The van der Waals surface area contributed by atoms with E-state index in [-0.39, 0.29) is 10.8 Å². The minimum atomic E-state index is -3.87. The van der Waals surface area contributed by atoms with E-state index < -0.39 is 10.1 Å². The van der Waals surface area contributed by atoms with Crippen molar-refractivity contribution in [2.75, 3.05) is 0 Å². The van der Waals surface area contributed by atoms with Crippen LogP contribution in [0.5, 0.6) is 5.75 Å². The van der Waals surface area contributed by atoms with Crippen LogP contribution in [0.25, 0.3) is 0 Å². The summed E-state index contributed by atoms with van der Waals surface area (Å²) in [5, 5.41) is 6.29. The van der Waals surface area contributed by atoms with Crippen LogP contribution < -0.4 is 4.18 Å². The van der Waals surface area contributed by atoms with Crippen molar-refractivity contribution in [3.63, 3.8) is 0 Å². The molecule has 0 saturated heterocycles. The molecule has 0 unspecified atom stereocenters. The topological polar surface area (TPSA) is 72.0 Å². The first kappa shape index (κ1) is 11.7. The third kappa shape index (κ3) is 2.31. The number of nitrogens with one attached hydrogen (secondary N) is 1. The molecule has 0 radical (unpaired) electrons. The molecule has 0 aliphatic carbocycles. The molecule has 90 valence electrons. The third-order valence-corrected chi connectivity index (χ3v) is 3.68. The Balaban J connectivity index is 2.35. The minimum Gasteiger partial charge on any atom is -0.378 e. The molecule has 0 amide bonds. The zero-order valence-corrected chi connectivity index (χ0v) is 10.3. The molecule has 1 aromatic heterocycles. The molecule has 6 heteroatoms. The number of H-pyrrole nitrogens is 1. The van der Waals surface area contributed by atoms with Crippen molar-refractivity contribution >= 4 is 10.1 Å². The lowest BCUT2D eigenvalue weighted by molar-refractivity contribution is 0.481. The average Bonchev–Trinajstić information content (AvgIpc) is 2.61. The highest BCUT2D eigenvalue weighted by molar-refractivity contribution is 7.87. The number of para-hydroxylation sites is 1. The van der Waals surface area contributed by atoms with Crippen LogP contribution in [0.2, 0.25) is 0 Å². The van der Waals surface area contributed by atoms with Crippen molar-refractivity contribution in [1.29, 1.82) is 0 Å². The van der Waals surface area contributed by atoms with Gasteiger partial charge >= 0.3 is 10.1 Å². The Kier molecular flexibility index (Phi) is 2.89. The van der Waals surface area contributed by atoms with Crippen LogP contribution in [0, 0.1) is 13.8 Å². The molecule has 0 saturated carbocycles. The highest BCUT2D eigenvalue weighted by Gasteiger charge is 2.23. The smallest absolute Gasteiger partial charge is 0.359 e. The van der Waals surface area contributed by atoms with Gasteiger partial charge in [0.25, 0.3) is 0 Å². The Morgan fingerprint density at radius 1 is 1.18 bits per heavy atom. The van der Waals surface area contributed by atoms with Crippen LogP contribution in [-0.2, 0) is 10.1 Å². The van der Waals surface area contributed by atoms with E-state index in [1.165, 1.54) is 0 Å². The maximum absolute atomic E-state index is 11.9. The zero-order chi connectivity index (χ0) is 12.5. The molecule has 1 heterocycles.